The molecule has 1 aromatic heterocycles. The molecule has 0 amide bonds. The lowest BCUT2D eigenvalue weighted by Crippen LogP contribution is -2.20. The number of nitrogens with zero attached hydrogens (tertiary/aromatic N) is 2. The Morgan fingerprint density at radius 3 is 2.68 bits per heavy atom. The largest absolute Gasteiger partial charge is 0.390 e. The fourth-order valence-electron chi connectivity index (χ4n) is 2.01. The van der Waals surface area contributed by atoms with Crippen LogP contribution in [0.5, 0.6) is 0 Å². The van der Waals surface area contributed by atoms with E-state index in [1.54, 1.807) is 7.11 Å². The number of ether oxygens (including phenoxy) is 2. The standard InChI is InChI=1S/C14H26N2O3/c1-4-13(5-2)16-7-6-12(15-16)10-14(17)11-19-9-8-18-3/h6-7,13-14,17H,4-5,8-11H2,1-3H3. The molecule has 0 fully saturated rings. The zero-order valence-corrected chi connectivity index (χ0v) is 12.2. The van der Waals surface area contributed by atoms with Gasteiger partial charge in [-0.15, -0.1) is 0 Å². The molecule has 1 unspecified atom stereocenters. The van der Waals surface area contributed by atoms with Crippen molar-refractivity contribution in [2.24, 2.45) is 0 Å². The lowest BCUT2D eigenvalue weighted by atomic mass is 10.2. The maximum Gasteiger partial charge on any atom is 0.0829 e. The van der Waals surface area contributed by atoms with Crippen LogP contribution in [0.15, 0.2) is 12.3 Å². The first-order valence-electron chi connectivity index (χ1n) is 7.00. The molecule has 0 aliphatic rings. The molecule has 5 heteroatoms. The summed E-state index contributed by atoms with van der Waals surface area (Å²) < 4.78 is 12.2. The fourth-order valence-corrected chi connectivity index (χ4v) is 2.01. The van der Waals surface area contributed by atoms with Crippen LogP contribution < -0.4 is 0 Å². The number of aliphatic hydroxyl groups excluding tert-OH is 1. The highest BCUT2D eigenvalue weighted by Crippen LogP contribution is 2.15. The molecule has 1 atom stereocenters. The van der Waals surface area contributed by atoms with Crippen molar-refractivity contribution in [3.63, 3.8) is 0 Å². The molecule has 0 aliphatic heterocycles. The molecule has 110 valence electrons. The van der Waals surface area contributed by atoms with E-state index in [-0.39, 0.29) is 0 Å². The summed E-state index contributed by atoms with van der Waals surface area (Å²) in [6.07, 6.45) is 4.15. The lowest BCUT2D eigenvalue weighted by Gasteiger charge is -2.13. The molecule has 1 N–H and O–H groups in total. The van der Waals surface area contributed by atoms with E-state index in [1.165, 1.54) is 0 Å². The minimum absolute atomic E-state index is 0.321. The predicted octanol–water partition coefficient (Wildman–Crippen LogP) is 1.81. The topological polar surface area (TPSA) is 56.5 Å². The van der Waals surface area contributed by atoms with E-state index in [0.717, 1.165) is 18.5 Å². The third-order valence-corrected chi connectivity index (χ3v) is 3.17. The second-order valence-electron chi connectivity index (χ2n) is 4.68. The van der Waals surface area contributed by atoms with Crippen LogP contribution in [-0.2, 0) is 15.9 Å². The highest BCUT2D eigenvalue weighted by atomic mass is 16.5. The van der Waals surface area contributed by atoms with Crippen LogP contribution in [0.1, 0.15) is 38.4 Å². The first-order valence-corrected chi connectivity index (χ1v) is 7.00. The Kier molecular flexibility index (Phi) is 7.70. The maximum absolute atomic E-state index is 9.85. The summed E-state index contributed by atoms with van der Waals surface area (Å²) in [6.45, 7) is 5.70. The number of methoxy groups -OCH3 is 1. The molecule has 19 heavy (non-hydrogen) atoms. The molecule has 0 aromatic carbocycles. The van der Waals surface area contributed by atoms with Crippen molar-refractivity contribution in [3.8, 4) is 0 Å². The Labute approximate surface area is 115 Å². The van der Waals surface area contributed by atoms with Gasteiger partial charge in [-0.2, -0.15) is 5.10 Å². The van der Waals surface area contributed by atoms with Gasteiger partial charge >= 0.3 is 0 Å². The van der Waals surface area contributed by atoms with Gasteiger partial charge < -0.3 is 14.6 Å². The van der Waals surface area contributed by atoms with E-state index in [9.17, 15) is 5.11 Å². The van der Waals surface area contributed by atoms with E-state index in [0.29, 0.717) is 32.3 Å². The van der Waals surface area contributed by atoms with Gasteiger partial charge in [0.15, 0.2) is 0 Å². The molecule has 1 rings (SSSR count). The van der Waals surface area contributed by atoms with Crippen molar-refractivity contribution >= 4 is 0 Å². The van der Waals surface area contributed by atoms with Crippen LogP contribution in [0.2, 0.25) is 0 Å². The summed E-state index contributed by atoms with van der Waals surface area (Å²) in [5.74, 6) is 0. The number of hydrogen-bond acceptors (Lipinski definition) is 4. The van der Waals surface area contributed by atoms with Crippen molar-refractivity contribution in [1.29, 1.82) is 0 Å². The molecule has 1 aromatic rings. The van der Waals surface area contributed by atoms with Gasteiger partial charge in [0.1, 0.15) is 0 Å². The van der Waals surface area contributed by atoms with E-state index in [4.69, 9.17) is 9.47 Å². The number of rotatable bonds is 10. The number of aliphatic hydroxyl groups is 1. The van der Waals surface area contributed by atoms with Crippen molar-refractivity contribution in [1.82, 2.24) is 9.78 Å². The van der Waals surface area contributed by atoms with E-state index < -0.39 is 6.10 Å². The Balaban J connectivity index is 2.36. The molecule has 0 bridgehead atoms. The van der Waals surface area contributed by atoms with E-state index in [1.807, 2.05) is 16.9 Å². The molecular weight excluding hydrogens is 244 g/mol. The monoisotopic (exact) mass is 270 g/mol. The zero-order valence-electron chi connectivity index (χ0n) is 12.2. The molecule has 0 aliphatic carbocycles. The average Bonchev–Trinajstić information content (AvgIpc) is 2.84. The van der Waals surface area contributed by atoms with Gasteiger partial charge in [-0.25, -0.2) is 0 Å². The summed E-state index contributed by atoms with van der Waals surface area (Å²) in [4.78, 5) is 0. The minimum atomic E-state index is -0.512. The predicted molar refractivity (Wildman–Crippen MR) is 74.3 cm³/mol. The summed E-state index contributed by atoms with van der Waals surface area (Å²) >= 11 is 0. The first kappa shape index (κ1) is 16.1. The van der Waals surface area contributed by atoms with Gasteiger partial charge in [0, 0.05) is 19.7 Å². The van der Waals surface area contributed by atoms with Gasteiger partial charge in [-0.05, 0) is 18.9 Å². The first-order chi connectivity index (χ1) is 9.21. The maximum atomic E-state index is 9.85. The summed E-state index contributed by atoms with van der Waals surface area (Å²) in [6, 6.07) is 2.42. The second-order valence-corrected chi connectivity index (χ2v) is 4.68. The lowest BCUT2D eigenvalue weighted by molar-refractivity contribution is 0.0133. The minimum Gasteiger partial charge on any atom is -0.390 e. The molecule has 0 spiro atoms. The third-order valence-electron chi connectivity index (χ3n) is 3.17. The average molecular weight is 270 g/mol. The fraction of sp³-hybridized carbons (Fsp3) is 0.786. The van der Waals surface area contributed by atoms with Gasteiger partial charge in [0.05, 0.1) is 37.7 Å². The second kappa shape index (κ2) is 9.07. The molecule has 0 saturated carbocycles. The van der Waals surface area contributed by atoms with Crippen molar-refractivity contribution in [2.45, 2.75) is 45.3 Å². The Bertz CT molecular complexity index is 337. The van der Waals surface area contributed by atoms with Crippen LogP contribution in [0.4, 0.5) is 0 Å². The number of hydrogen-bond donors (Lipinski definition) is 1. The molecule has 1 heterocycles. The Hall–Kier alpha value is -0.910. The molecular formula is C14H26N2O3. The van der Waals surface area contributed by atoms with E-state index >= 15 is 0 Å². The summed E-state index contributed by atoms with van der Waals surface area (Å²) in [5, 5.41) is 14.4. The quantitative estimate of drug-likeness (QED) is 0.659. The van der Waals surface area contributed by atoms with Crippen LogP contribution in [0.3, 0.4) is 0 Å². The molecule has 0 saturated heterocycles. The van der Waals surface area contributed by atoms with Gasteiger partial charge in [0.2, 0.25) is 0 Å². The van der Waals surface area contributed by atoms with Gasteiger partial charge in [-0.3, -0.25) is 4.68 Å². The third kappa shape index (κ3) is 5.72. The van der Waals surface area contributed by atoms with Gasteiger partial charge in [0.25, 0.3) is 0 Å². The highest BCUT2D eigenvalue weighted by Gasteiger charge is 2.11. The summed E-state index contributed by atoms with van der Waals surface area (Å²) in [7, 11) is 1.63. The smallest absolute Gasteiger partial charge is 0.0829 e. The van der Waals surface area contributed by atoms with Crippen molar-refractivity contribution in [2.75, 3.05) is 26.9 Å². The Morgan fingerprint density at radius 2 is 2.05 bits per heavy atom. The number of aromatic nitrogens is 2. The van der Waals surface area contributed by atoms with Crippen LogP contribution in [0.25, 0.3) is 0 Å². The van der Waals surface area contributed by atoms with Crippen LogP contribution in [-0.4, -0.2) is 47.9 Å². The molecule has 0 radical (unpaired) electrons. The van der Waals surface area contributed by atoms with Crippen LogP contribution >= 0.6 is 0 Å². The van der Waals surface area contributed by atoms with Crippen LogP contribution in [0, 0.1) is 0 Å². The highest BCUT2D eigenvalue weighted by molar-refractivity contribution is 5.01. The van der Waals surface area contributed by atoms with E-state index in [2.05, 4.69) is 18.9 Å². The zero-order chi connectivity index (χ0) is 14.1. The summed E-state index contributed by atoms with van der Waals surface area (Å²) in [5.41, 5.74) is 0.912. The van der Waals surface area contributed by atoms with Gasteiger partial charge in [-0.1, -0.05) is 13.8 Å². The molecule has 5 nitrogen and oxygen atoms in total. The Morgan fingerprint density at radius 1 is 1.32 bits per heavy atom. The SMILES string of the molecule is CCC(CC)n1ccc(CC(O)COCCOC)n1. The van der Waals surface area contributed by atoms with Crippen molar-refractivity contribution < 1.29 is 14.6 Å². The van der Waals surface area contributed by atoms with Crippen molar-refractivity contribution in [3.05, 3.63) is 18.0 Å². The normalized spacial score (nSPS) is 13.1.